The van der Waals surface area contributed by atoms with Gasteiger partial charge in [-0.3, -0.25) is 4.89 Å². The van der Waals surface area contributed by atoms with Gasteiger partial charge in [0.1, 0.15) is 11.1 Å². The van der Waals surface area contributed by atoms with E-state index in [2.05, 4.69) is 76.0 Å². The minimum absolute atomic E-state index is 0. The summed E-state index contributed by atoms with van der Waals surface area (Å²) in [5.41, 5.74) is 8.57. The van der Waals surface area contributed by atoms with Crippen LogP contribution >= 0.6 is 0 Å². The van der Waals surface area contributed by atoms with Crippen LogP contribution < -0.4 is 4.40 Å². The second kappa shape index (κ2) is 17.0. The number of aromatic nitrogens is 2. The molecule has 2 N–H and O–H groups in total. The van der Waals surface area contributed by atoms with E-state index in [1.807, 2.05) is 66.9 Å². The Morgan fingerprint density at radius 2 is 1.54 bits per heavy atom. The second-order valence-corrected chi connectivity index (χ2v) is 24.5. The number of benzene rings is 4. The largest absolute Gasteiger partial charge is 0 e. The van der Waals surface area contributed by atoms with E-state index < -0.39 is 25.2 Å². The van der Waals surface area contributed by atoms with Crippen molar-refractivity contribution < 1.29 is 54.4 Å². The number of furan rings is 1. The first-order valence-corrected chi connectivity index (χ1v) is 24.4. The smallest absolute Gasteiger partial charge is 0 e. The first-order chi connectivity index (χ1) is 25.4. The maximum Gasteiger partial charge on any atom is 0 e. The molecular formula is C43H38GeIrN2O7-2. The molecule has 7 rings (SSSR count). The maximum atomic E-state index is 12.4. The molecule has 277 valence electrons. The van der Waals surface area contributed by atoms with E-state index in [9.17, 15) is 9.59 Å². The van der Waals surface area contributed by atoms with Crippen molar-refractivity contribution in [3.8, 4) is 33.6 Å². The topological polar surface area (TPSA) is 132 Å². The van der Waals surface area contributed by atoms with Gasteiger partial charge in [-0.05, 0) is 40.9 Å². The molecule has 0 saturated heterocycles. The van der Waals surface area contributed by atoms with Crippen LogP contribution in [-0.2, 0) is 29.9 Å². The molecule has 7 aromatic rings. The molecule has 0 amide bonds. The van der Waals surface area contributed by atoms with Gasteiger partial charge >= 0.3 is 133 Å². The SMILES string of the molecule is CC(C)c1ccnc(-c2[c-]ccc3c2oc2c(C(=O)OO)cc(-c4ccccc4)cc23)c1.Cc1cc(-c2[c-]cc(C(=O)OO)cc2)nc[c]1[Ge]([CH3])([CH3])[CH3].[Ir]. The molecule has 0 unspecified atom stereocenters. The molecule has 3 aromatic heterocycles. The number of pyridine rings is 2. The first-order valence-electron chi connectivity index (χ1n) is 17.0. The van der Waals surface area contributed by atoms with Crippen LogP contribution in [0.1, 0.15) is 51.6 Å². The summed E-state index contributed by atoms with van der Waals surface area (Å²) >= 11 is -1.90. The van der Waals surface area contributed by atoms with E-state index in [4.69, 9.17) is 14.9 Å². The molecule has 9 nitrogen and oxygen atoms in total. The summed E-state index contributed by atoms with van der Waals surface area (Å²) in [6, 6.07) is 34.2. The minimum Gasteiger partial charge on any atom is 0 e. The van der Waals surface area contributed by atoms with Gasteiger partial charge < -0.3 is 9.40 Å². The van der Waals surface area contributed by atoms with Crippen LogP contribution in [0.2, 0.25) is 17.3 Å². The molecule has 0 atom stereocenters. The zero-order valence-electron chi connectivity index (χ0n) is 30.6. The van der Waals surface area contributed by atoms with Gasteiger partial charge in [0.15, 0.2) is 0 Å². The summed E-state index contributed by atoms with van der Waals surface area (Å²) in [6.45, 7) is 6.36. The zero-order chi connectivity index (χ0) is 37.9. The Labute approximate surface area is 329 Å². The summed E-state index contributed by atoms with van der Waals surface area (Å²) in [5.74, 6) is 5.70. The van der Waals surface area contributed by atoms with E-state index >= 15 is 0 Å². The predicted molar refractivity (Wildman–Crippen MR) is 208 cm³/mol. The van der Waals surface area contributed by atoms with Gasteiger partial charge in [0.2, 0.25) is 0 Å². The fourth-order valence-electron chi connectivity index (χ4n) is 6.23. The Morgan fingerprint density at radius 1 is 0.796 bits per heavy atom. The fraction of sp³-hybridized carbons (Fsp3) is 0.163. The summed E-state index contributed by atoms with van der Waals surface area (Å²) in [5, 5.41) is 19.0. The number of carbonyl (C=O) groups is 2. The molecule has 0 spiro atoms. The predicted octanol–water partition coefficient (Wildman–Crippen LogP) is 9.90. The normalized spacial score (nSPS) is 11.1. The van der Waals surface area contributed by atoms with Gasteiger partial charge in [-0.1, -0.05) is 66.8 Å². The van der Waals surface area contributed by atoms with Crippen molar-refractivity contribution in [1.29, 1.82) is 0 Å². The third-order valence-corrected chi connectivity index (χ3v) is 13.5. The second-order valence-electron chi connectivity index (χ2n) is 14.0. The van der Waals surface area contributed by atoms with Crippen LogP contribution in [0.5, 0.6) is 0 Å². The Hall–Kier alpha value is -4.97. The maximum absolute atomic E-state index is 12.4. The molecule has 0 saturated carbocycles. The van der Waals surface area contributed by atoms with E-state index in [1.165, 1.54) is 16.0 Å². The van der Waals surface area contributed by atoms with Gasteiger partial charge in [0, 0.05) is 31.7 Å². The molecule has 11 heteroatoms. The van der Waals surface area contributed by atoms with Gasteiger partial charge in [-0.15, -0.1) is 18.2 Å². The van der Waals surface area contributed by atoms with Crippen LogP contribution in [-0.4, -0.2) is 45.7 Å². The van der Waals surface area contributed by atoms with Crippen LogP contribution in [0, 0.1) is 19.1 Å². The molecule has 4 aromatic carbocycles. The van der Waals surface area contributed by atoms with Crippen molar-refractivity contribution in [3.63, 3.8) is 0 Å². The molecule has 3 heterocycles. The van der Waals surface area contributed by atoms with Gasteiger partial charge in [0.05, 0.1) is 5.58 Å². The Morgan fingerprint density at radius 3 is 2.17 bits per heavy atom. The average Bonchev–Trinajstić information content (AvgIpc) is 3.56. The summed E-state index contributed by atoms with van der Waals surface area (Å²) in [6.07, 6.45) is 3.75. The molecule has 0 aliphatic rings. The number of hydrogen-bond acceptors (Lipinski definition) is 9. The Balaban J connectivity index is 0.000000223. The molecule has 0 aliphatic carbocycles. The van der Waals surface area contributed by atoms with Gasteiger partial charge in [0.25, 0.3) is 0 Å². The molecule has 0 aliphatic heterocycles. The molecule has 54 heavy (non-hydrogen) atoms. The molecule has 0 fully saturated rings. The van der Waals surface area contributed by atoms with E-state index in [-0.39, 0.29) is 31.2 Å². The van der Waals surface area contributed by atoms with Crippen molar-refractivity contribution in [3.05, 3.63) is 138 Å². The summed E-state index contributed by atoms with van der Waals surface area (Å²) in [4.78, 5) is 40.4. The number of nitrogens with zero attached hydrogens (tertiary/aromatic N) is 2. The van der Waals surface area contributed by atoms with Crippen molar-refractivity contribution in [1.82, 2.24) is 9.97 Å². The Kier molecular flexibility index (Phi) is 12.7. The third-order valence-electron chi connectivity index (χ3n) is 8.98. The number of aryl methyl sites for hydroxylation is 1. The number of carbonyl (C=O) groups excluding carboxylic acids is 2. The summed E-state index contributed by atoms with van der Waals surface area (Å²) < 4.78 is 7.59. The molecule has 1 radical (unpaired) electrons. The van der Waals surface area contributed by atoms with Crippen molar-refractivity contribution in [2.24, 2.45) is 0 Å². The third kappa shape index (κ3) is 8.54. The van der Waals surface area contributed by atoms with Crippen LogP contribution in [0.25, 0.3) is 55.6 Å². The zero-order valence-corrected chi connectivity index (χ0v) is 35.0. The quantitative estimate of drug-likeness (QED) is 0.0694. The van der Waals surface area contributed by atoms with E-state index in [1.54, 1.807) is 24.4 Å². The van der Waals surface area contributed by atoms with Crippen molar-refractivity contribution >= 4 is 51.5 Å². The number of rotatable bonds is 7. The van der Waals surface area contributed by atoms with Crippen molar-refractivity contribution in [2.75, 3.05) is 0 Å². The number of fused-ring (bicyclic) bond motifs is 3. The van der Waals surface area contributed by atoms with Crippen molar-refractivity contribution in [2.45, 2.75) is 44.0 Å². The fourth-order valence-corrected chi connectivity index (χ4v) is 9.81. The van der Waals surface area contributed by atoms with Crippen LogP contribution in [0.3, 0.4) is 0 Å². The van der Waals surface area contributed by atoms with E-state index in [0.29, 0.717) is 22.6 Å². The summed E-state index contributed by atoms with van der Waals surface area (Å²) in [7, 11) is 0. The Bertz CT molecular complexity index is 2440. The van der Waals surface area contributed by atoms with Gasteiger partial charge in [-0.25, -0.2) is 4.79 Å². The van der Waals surface area contributed by atoms with E-state index in [0.717, 1.165) is 44.4 Å². The number of hydrogen-bond donors (Lipinski definition) is 2. The molecular weight excluding hydrogens is 921 g/mol. The standard InChI is InChI=1S/C27H20NO4.C16H18GeNO3.Ir/c1-16(2)18-11-12-28-24(15-18)21-10-6-9-20-22-13-19(17-7-4-3-5-8-17)14-23(27(29)32-30)26(22)31-25(20)21;1-11-9-15(18-10-14(11)17(2,3)4)12-5-7-13(8-6-12)16(19)21-20;/h3-9,11-16,30H,1-2H3;5,7-10,20H,1-4H3;/q2*-1;. The van der Waals surface area contributed by atoms with Crippen LogP contribution in [0.15, 0.2) is 108 Å². The average molecular weight is 960 g/mol. The first kappa shape index (κ1) is 40.2. The minimum atomic E-state index is -1.90. The van der Waals surface area contributed by atoms with Crippen LogP contribution in [0.4, 0.5) is 0 Å². The molecule has 0 bridgehead atoms. The van der Waals surface area contributed by atoms with Gasteiger partial charge in [-0.2, -0.15) is 5.26 Å². The monoisotopic (exact) mass is 961 g/mol.